The fraction of sp³-hybridized carbons (Fsp3) is 0.625. The minimum atomic E-state index is -0.520. The van der Waals surface area contributed by atoms with E-state index in [9.17, 15) is 5.11 Å². The zero-order valence-electron chi connectivity index (χ0n) is 12.0. The highest BCUT2D eigenvalue weighted by Crippen LogP contribution is 2.29. The third-order valence-corrected chi connectivity index (χ3v) is 4.13. The molecule has 1 aliphatic rings. The molecule has 3 N–H and O–H groups in total. The van der Waals surface area contributed by atoms with E-state index in [0.717, 1.165) is 32.4 Å². The molecule has 0 spiro atoms. The van der Waals surface area contributed by atoms with Gasteiger partial charge in [-0.1, -0.05) is 30.3 Å². The Labute approximate surface area is 116 Å². The van der Waals surface area contributed by atoms with Gasteiger partial charge in [-0.25, -0.2) is 0 Å². The number of aliphatic hydroxyl groups is 1. The highest BCUT2D eigenvalue weighted by molar-refractivity contribution is 5.20. The highest BCUT2D eigenvalue weighted by atomic mass is 16.3. The van der Waals surface area contributed by atoms with Gasteiger partial charge in [0.05, 0.1) is 5.60 Å². The summed E-state index contributed by atoms with van der Waals surface area (Å²) in [6.45, 7) is 5.94. The van der Waals surface area contributed by atoms with E-state index in [0.29, 0.717) is 0 Å². The number of benzene rings is 1. The lowest BCUT2D eigenvalue weighted by atomic mass is 9.97. The number of nitrogens with two attached hydrogens (primary N) is 1. The molecule has 0 amide bonds. The Morgan fingerprint density at radius 3 is 2.53 bits per heavy atom. The van der Waals surface area contributed by atoms with E-state index < -0.39 is 5.60 Å². The van der Waals surface area contributed by atoms with Gasteiger partial charge in [0, 0.05) is 18.6 Å². The van der Waals surface area contributed by atoms with E-state index in [1.54, 1.807) is 0 Å². The van der Waals surface area contributed by atoms with Crippen molar-refractivity contribution in [3.05, 3.63) is 35.9 Å². The first-order valence-electron chi connectivity index (χ1n) is 7.26. The quantitative estimate of drug-likeness (QED) is 0.879. The third kappa shape index (κ3) is 3.78. The van der Waals surface area contributed by atoms with Gasteiger partial charge in [0.1, 0.15) is 0 Å². The fourth-order valence-corrected chi connectivity index (χ4v) is 3.06. The second-order valence-corrected chi connectivity index (χ2v) is 6.10. The Balaban J connectivity index is 2.16. The van der Waals surface area contributed by atoms with Gasteiger partial charge in [-0.3, -0.25) is 4.90 Å². The predicted octanol–water partition coefficient (Wildman–Crippen LogP) is 2.31. The molecule has 1 aliphatic heterocycles. The summed E-state index contributed by atoms with van der Waals surface area (Å²) in [5, 5.41) is 10.2. The van der Waals surface area contributed by atoms with E-state index in [1.807, 2.05) is 13.0 Å². The van der Waals surface area contributed by atoms with Crippen molar-refractivity contribution in [1.82, 2.24) is 4.90 Å². The maximum atomic E-state index is 10.2. The van der Waals surface area contributed by atoms with Crippen LogP contribution in [-0.2, 0) is 0 Å². The Morgan fingerprint density at radius 1 is 1.21 bits per heavy atom. The molecule has 3 unspecified atom stereocenters. The highest BCUT2D eigenvalue weighted by Gasteiger charge is 2.30. The van der Waals surface area contributed by atoms with Crippen LogP contribution in [0.1, 0.15) is 44.7 Å². The fourth-order valence-electron chi connectivity index (χ4n) is 3.06. The Morgan fingerprint density at radius 2 is 1.89 bits per heavy atom. The molecular weight excluding hydrogens is 236 g/mol. The minimum absolute atomic E-state index is 0.0884. The molecular formula is C16H26N2O. The molecule has 1 aromatic rings. The molecule has 0 bridgehead atoms. The van der Waals surface area contributed by atoms with E-state index in [1.165, 1.54) is 5.56 Å². The summed E-state index contributed by atoms with van der Waals surface area (Å²) in [5.41, 5.74) is 6.97. The van der Waals surface area contributed by atoms with Gasteiger partial charge < -0.3 is 10.8 Å². The van der Waals surface area contributed by atoms with Crippen molar-refractivity contribution in [1.29, 1.82) is 0 Å². The molecule has 0 aliphatic carbocycles. The molecule has 0 radical (unpaired) electrons. The Hall–Kier alpha value is -0.900. The summed E-state index contributed by atoms with van der Waals surface area (Å²) in [6.07, 6.45) is 2.73. The normalized spacial score (nSPS) is 28.6. The lowest BCUT2D eigenvalue weighted by Gasteiger charge is -2.34. The van der Waals surface area contributed by atoms with Crippen molar-refractivity contribution in [2.75, 3.05) is 13.1 Å². The van der Waals surface area contributed by atoms with Gasteiger partial charge in [0.15, 0.2) is 0 Å². The zero-order chi connectivity index (χ0) is 13.9. The maximum absolute atomic E-state index is 10.2. The van der Waals surface area contributed by atoms with Crippen LogP contribution in [-0.4, -0.2) is 34.7 Å². The van der Waals surface area contributed by atoms with Crippen molar-refractivity contribution in [2.24, 2.45) is 5.73 Å². The molecule has 3 nitrogen and oxygen atoms in total. The molecule has 3 heteroatoms. The molecule has 0 aromatic heterocycles. The van der Waals surface area contributed by atoms with Crippen LogP contribution < -0.4 is 5.73 Å². The maximum Gasteiger partial charge on any atom is 0.0632 e. The molecule has 1 heterocycles. The van der Waals surface area contributed by atoms with Crippen LogP contribution in [0.2, 0.25) is 0 Å². The van der Waals surface area contributed by atoms with Crippen molar-refractivity contribution in [2.45, 2.75) is 50.8 Å². The Bertz CT molecular complexity index is 389. The molecule has 2 rings (SSSR count). The first kappa shape index (κ1) is 14.5. The van der Waals surface area contributed by atoms with Crippen molar-refractivity contribution < 1.29 is 5.11 Å². The standard InChI is InChI=1S/C16H26N2O/c1-13(17)15(14-7-4-3-5-8-14)18-11-6-9-16(2,19)10-12-18/h3-5,7-8,13,15,19H,6,9-12,17H2,1-2H3. The number of likely N-dealkylation sites (tertiary alicyclic amines) is 1. The van der Waals surface area contributed by atoms with Crippen molar-refractivity contribution >= 4 is 0 Å². The van der Waals surface area contributed by atoms with Gasteiger partial charge in [-0.05, 0) is 45.2 Å². The zero-order valence-corrected chi connectivity index (χ0v) is 12.0. The summed E-state index contributed by atoms with van der Waals surface area (Å²) in [5.74, 6) is 0. The van der Waals surface area contributed by atoms with E-state index >= 15 is 0 Å². The van der Waals surface area contributed by atoms with E-state index in [-0.39, 0.29) is 12.1 Å². The second-order valence-electron chi connectivity index (χ2n) is 6.10. The van der Waals surface area contributed by atoms with Crippen LogP contribution >= 0.6 is 0 Å². The van der Waals surface area contributed by atoms with Gasteiger partial charge in [0.2, 0.25) is 0 Å². The SMILES string of the molecule is CC(N)C(c1ccccc1)N1CCCC(C)(O)CC1. The molecule has 1 aromatic carbocycles. The lowest BCUT2D eigenvalue weighted by Crippen LogP contribution is -2.40. The van der Waals surface area contributed by atoms with E-state index in [4.69, 9.17) is 5.73 Å². The minimum Gasteiger partial charge on any atom is -0.390 e. The first-order chi connectivity index (χ1) is 8.99. The molecule has 106 valence electrons. The largest absolute Gasteiger partial charge is 0.390 e. The van der Waals surface area contributed by atoms with Crippen LogP contribution in [0.5, 0.6) is 0 Å². The number of hydrogen-bond acceptors (Lipinski definition) is 3. The monoisotopic (exact) mass is 262 g/mol. The van der Waals surface area contributed by atoms with Crippen LogP contribution in [0.3, 0.4) is 0 Å². The number of nitrogens with zero attached hydrogens (tertiary/aromatic N) is 1. The molecule has 1 fully saturated rings. The van der Waals surface area contributed by atoms with Gasteiger partial charge in [-0.2, -0.15) is 0 Å². The predicted molar refractivity (Wildman–Crippen MR) is 78.9 cm³/mol. The van der Waals surface area contributed by atoms with Crippen LogP contribution in [0.4, 0.5) is 0 Å². The van der Waals surface area contributed by atoms with Gasteiger partial charge >= 0.3 is 0 Å². The molecule has 0 saturated carbocycles. The molecule has 19 heavy (non-hydrogen) atoms. The first-order valence-corrected chi connectivity index (χ1v) is 7.26. The van der Waals surface area contributed by atoms with Crippen molar-refractivity contribution in [3.8, 4) is 0 Å². The van der Waals surface area contributed by atoms with Crippen LogP contribution in [0, 0.1) is 0 Å². The second kappa shape index (κ2) is 6.04. The summed E-state index contributed by atoms with van der Waals surface area (Å²) < 4.78 is 0. The summed E-state index contributed by atoms with van der Waals surface area (Å²) in [7, 11) is 0. The third-order valence-electron chi connectivity index (χ3n) is 4.13. The summed E-state index contributed by atoms with van der Waals surface area (Å²) in [6, 6.07) is 10.8. The Kier molecular flexibility index (Phi) is 4.61. The smallest absolute Gasteiger partial charge is 0.0632 e. The van der Waals surface area contributed by atoms with Crippen LogP contribution in [0.15, 0.2) is 30.3 Å². The van der Waals surface area contributed by atoms with E-state index in [2.05, 4.69) is 36.1 Å². The number of rotatable bonds is 3. The summed E-state index contributed by atoms with van der Waals surface area (Å²) >= 11 is 0. The van der Waals surface area contributed by atoms with Gasteiger partial charge in [-0.15, -0.1) is 0 Å². The molecule has 3 atom stereocenters. The lowest BCUT2D eigenvalue weighted by molar-refractivity contribution is 0.0424. The average molecular weight is 262 g/mol. The summed E-state index contributed by atoms with van der Waals surface area (Å²) in [4.78, 5) is 2.43. The van der Waals surface area contributed by atoms with Gasteiger partial charge in [0.25, 0.3) is 0 Å². The number of hydrogen-bond donors (Lipinski definition) is 2. The topological polar surface area (TPSA) is 49.5 Å². The van der Waals surface area contributed by atoms with Crippen LogP contribution in [0.25, 0.3) is 0 Å². The molecule has 1 saturated heterocycles. The van der Waals surface area contributed by atoms with Crippen molar-refractivity contribution in [3.63, 3.8) is 0 Å². The average Bonchev–Trinajstić information content (AvgIpc) is 2.52.